The molecule has 2 amide bonds. The molecule has 0 spiro atoms. The van der Waals surface area contributed by atoms with Gasteiger partial charge in [-0.25, -0.2) is 9.59 Å². The van der Waals surface area contributed by atoms with Gasteiger partial charge in [0.15, 0.2) is 0 Å². The van der Waals surface area contributed by atoms with Crippen LogP contribution >= 0.6 is 31.9 Å². The predicted molar refractivity (Wildman–Crippen MR) is 93.5 cm³/mol. The van der Waals surface area contributed by atoms with Gasteiger partial charge in [-0.3, -0.25) is 0 Å². The van der Waals surface area contributed by atoms with Gasteiger partial charge in [0, 0.05) is 8.95 Å². The number of carbonyl (C=O) groups excluding carboxylic acids is 2. The lowest BCUT2D eigenvalue weighted by molar-refractivity contribution is 0.139. The van der Waals surface area contributed by atoms with Gasteiger partial charge in [0.25, 0.3) is 0 Å². The minimum atomic E-state index is -0.960. The van der Waals surface area contributed by atoms with Crippen molar-refractivity contribution in [3.8, 4) is 0 Å². The number of hydrogen-bond acceptors (Lipinski definition) is 4. The van der Waals surface area contributed by atoms with Crippen LogP contribution in [0.3, 0.4) is 0 Å². The Labute approximate surface area is 155 Å². The van der Waals surface area contributed by atoms with Crippen molar-refractivity contribution in [2.45, 2.75) is 13.2 Å². The molecule has 124 valence electrons. The number of carbonyl (C=O) groups is 2. The minimum Gasteiger partial charge on any atom is -0.442 e. The number of amides is 2. The first-order valence-corrected chi connectivity index (χ1v) is 8.35. The van der Waals surface area contributed by atoms with Gasteiger partial charge in [0.2, 0.25) is 0 Å². The van der Waals surface area contributed by atoms with Gasteiger partial charge in [0.1, 0.15) is 13.2 Å². The van der Waals surface area contributed by atoms with Crippen LogP contribution in [0.25, 0.3) is 0 Å². The second-order valence-corrected chi connectivity index (χ2v) is 6.39. The Morgan fingerprint density at radius 2 is 1.04 bits per heavy atom. The molecular formula is C16H12Br2N2O4. The fourth-order valence-electron chi connectivity index (χ4n) is 1.59. The molecule has 0 unspecified atom stereocenters. The average molecular weight is 456 g/mol. The maximum Gasteiger partial charge on any atom is 0.452 e. The Kier molecular flexibility index (Phi) is 7.07. The van der Waals surface area contributed by atoms with E-state index in [2.05, 4.69) is 42.1 Å². The molecule has 2 aromatic rings. The van der Waals surface area contributed by atoms with Gasteiger partial charge in [0.05, 0.1) is 0 Å². The Morgan fingerprint density at radius 3 is 1.38 bits per heavy atom. The third-order valence-corrected chi connectivity index (χ3v) is 3.82. The normalized spacial score (nSPS) is 10.6. The van der Waals surface area contributed by atoms with Crippen LogP contribution in [0.2, 0.25) is 0 Å². The molecule has 6 nitrogen and oxygen atoms in total. The number of rotatable bonds is 4. The van der Waals surface area contributed by atoms with E-state index in [0.717, 1.165) is 20.1 Å². The molecule has 0 aliphatic heterocycles. The topological polar surface area (TPSA) is 77.3 Å². The first-order chi connectivity index (χ1) is 11.5. The van der Waals surface area contributed by atoms with Crippen molar-refractivity contribution in [1.82, 2.24) is 0 Å². The summed E-state index contributed by atoms with van der Waals surface area (Å²) in [6, 6.07) is 14.5. The largest absolute Gasteiger partial charge is 0.452 e. The summed E-state index contributed by atoms with van der Waals surface area (Å²) in [6.45, 7) is 0.0815. The van der Waals surface area contributed by atoms with Crippen molar-refractivity contribution in [2.24, 2.45) is 10.2 Å². The van der Waals surface area contributed by atoms with Gasteiger partial charge in [-0.15, -0.1) is 0 Å². The third kappa shape index (κ3) is 6.59. The predicted octanol–water partition coefficient (Wildman–Crippen LogP) is 5.64. The lowest BCUT2D eigenvalue weighted by Crippen LogP contribution is -2.02. The lowest BCUT2D eigenvalue weighted by Gasteiger charge is -2.02. The molecule has 8 heteroatoms. The second-order valence-electron chi connectivity index (χ2n) is 4.56. The van der Waals surface area contributed by atoms with Crippen molar-refractivity contribution in [2.75, 3.05) is 0 Å². The molecule has 2 aromatic carbocycles. The van der Waals surface area contributed by atoms with Gasteiger partial charge in [-0.2, -0.15) is 0 Å². The van der Waals surface area contributed by atoms with Crippen molar-refractivity contribution < 1.29 is 19.1 Å². The quantitative estimate of drug-likeness (QED) is 0.559. The number of halogens is 2. The second kappa shape index (κ2) is 9.29. The van der Waals surface area contributed by atoms with Crippen LogP contribution in [0.5, 0.6) is 0 Å². The van der Waals surface area contributed by atoms with Gasteiger partial charge >= 0.3 is 12.2 Å². The summed E-state index contributed by atoms with van der Waals surface area (Å²) < 4.78 is 11.6. The van der Waals surface area contributed by atoms with Crippen LogP contribution in [0, 0.1) is 0 Å². The van der Waals surface area contributed by atoms with Crippen molar-refractivity contribution >= 4 is 44.0 Å². The molecule has 0 N–H and O–H groups in total. The molecular weight excluding hydrogens is 444 g/mol. The molecule has 2 rings (SSSR count). The van der Waals surface area contributed by atoms with Crippen LogP contribution in [0.4, 0.5) is 9.59 Å². The Bertz CT molecular complexity index is 667. The molecule has 24 heavy (non-hydrogen) atoms. The highest BCUT2D eigenvalue weighted by atomic mass is 79.9. The zero-order valence-corrected chi connectivity index (χ0v) is 15.5. The fraction of sp³-hybridized carbons (Fsp3) is 0.125. The van der Waals surface area contributed by atoms with Crippen LogP contribution in [-0.2, 0) is 22.7 Å². The van der Waals surface area contributed by atoms with Crippen LogP contribution in [0.1, 0.15) is 11.1 Å². The van der Waals surface area contributed by atoms with Gasteiger partial charge in [-0.05, 0) is 35.4 Å². The summed E-state index contributed by atoms with van der Waals surface area (Å²) in [5, 5.41) is 6.31. The Morgan fingerprint density at radius 1 is 0.708 bits per heavy atom. The van der Waals surface area contributed by atoms with E-state index in [1.165, 1.54) is 0 Å². The van der Waals surface area contributed by atoms with Crippen LogP contribution in [0.15, 0.2) is 67.7 Å². The molecule has 0 atom stereocenters. The first kappa shape index (κ1) is 18.3. The summed E-state index contributed by atoms with van der Waals surface area (Å²) in [4.78, 5) is 22.8. The molecule has 0 saturated carbocycles. The van der Waals surface area contributed by atoms with Crippen LogP contribution < -0.4 is 0 Å². The van der Waals surface area contributed by atoms with E-state index in [1.54, 1.807) is 24.3 Å². The highest BCUT2D eigenvalue weighted by Crippen LogP contribution is 2.12. The fourth-order valence-corrected chi connectivity index (χ4v) is 2.12. The summed E-state index contributed by atoms with van der Waals surface area (Å²) >= 11 is 6.61. The lowest BCUT2D eigenvalue weighted by atomic mass is 10.2. The number of hydrogen-bond donors (Lipinski definition) is 0. The Balaban J connectivity index is 1.73. The van der Waals surface area contributed by atoms with E-state index in [-0.39, 0.29) is 13.2 Å². The van der Waals surface area contributed by atoms with Gasteiger partial charge < -0.3 is 9.47 Å². The molecule has 0 aromatic heterocycles. The average Bonchev–Trinajstić information content (AvgIpc) is 2.59. The summed E-state index contributed by atoms with van der Waals surface area (Å²) in [7, 11) is 0. The summed E-state index contributed by atoms with van der Waals surface area (Å²) in [5.41, 5.74) is 1.58. The standard InChI is InChI=1S/C16H12Br2N2O4/c17-13-5-1-11(2-6-13)9-23-15(21)19-20-16(22)24-10-12-3-7-14(18)8-4-12/h1-8H,9-10H2. The zero-order chi connectivity index (χ0) is 17.4. The summed E-state index contributed by atoms with van der Waals surface area (Å²) in [6.07, 6.45) is -1.92. The number of ether oxygens (including phenoxy) is 2. The molecule has 0 radical (unpaired) electrons. The smallest absolute Gasteiger partial charge is 0.442 e. The maximum atomic E-state index is 11.4. The molecule has 0 bridgehead atoms. The number of benzene rings is 2. The Hall–Kier alpha value is -2.06. The van der Waals surface area contributed by atoms with E-state index < -0.39 is 12.2 Å². The molecule has 0 aliphatic rings. The van der Waals surface area contributed by atoms with E-state index in [9.17, 15) is 9.59 Å². The SMILES string of the molecule is O=C(N=NC(=O)OCc1ccc(Br)cc1)OCc1ccc(Br)cc1. The maximum absolute atomic E-state index is 11.4. The van der Waals surface area contributed by atoms with Crippen LogP contribution in [-0.4, -0.2) is 12.2 Å². The molecule has 0 fully saturated rings. The van der Waals surface area contributed by atoms with Crippen molar-refractivity contribution in [3.05, 3.63) is 68.6 Å². The highest BCUT2D eigenvalue weighted by molar-refractivity contribution is 9.10. The number of azo groups is 1. The third-order valence-electron chi connectivity index (χ3n) is 2.76. The molecule has 0 aliphatic carbocycles. The van der Waals surface area contributed by atoms with E-state index in [0.29, 0.717) is 0 Å². The zero-order valence-electron chi connectivity index (χ0n) is 12.3. The monoisotopic (exact) mass is 454 g/mol. The van der Waals surface area contributed by atoms with E-state index >= 15 is 0 Å². The van der Waals surface area contributed by atoms with E-state index in [1.807, 2.05) is 24.3 Å². The van der Waals surface area contributed by atoms with Crippen molar-refractivity contribution in [1.29, 1.82) is 0 Å². The molecule has 0 heterocycles. The molecule has 0 saturated heterocycles. The van der Waals surface area contributed by atoms with E-state index in [4.69, 9.17) is 9.47 Å². The summed E-state index contributed by atoms with van der Waals surface area (Å²) in [5.74, 6) is 0. The number of nitrogens with zero attached hydrogens (tertiary/aromatic N) is 2. The van der Waals surface area contributed by atoms with Gasteiger partial charge in [-0.1, -0.05) is 66.4 Å². The minimum absolute atomic E-state index is 0.0407. The van der Waals surface area contributed by atoms with Crippen molar-refractivity contribution in [3.63, 3.8) is 0 Å². The first-order valence-electron chi connectivity index (χ1n) is 6.77. The highest BCUT2D eigenvalue weighted by Gasteiger charge is 2.05.